The first-order valence-electron chi connectivity index (χ1n) is 7.74. The van der Waals surface area contributed by atoms with Gasteiger partial charge in [0.1, 0.15) is 17.7 Å². The van der Waals surface area contributed by atoms with Crippen molar-refractivity contribution in [2.75, 3.05) is 26.1 Å². The van der Waals surface area contributed by atoms with Gasteiger partial charge in [0.2, 0.25) is 0 Å². The first-order valence-corrected chi connectivity index (χ1v) is 7.74. The maximum absolute atomic E-state index is 9.61. The molecular formula is C18H19N4O3+. The Labute approximate surface area is 146 Å². The summed E-state index contributed by atoms with van der Waals surface area (Å²) in [5, 5.41) is 19.1. The van der Waals surface area contributed by atoms with Crippen molar-refractivity contribution in [3.8, 4) is 40.6 Å². The average molecular weight is 339 g/mol. The SMILES string of the molecule is CCOc1ccc(-c2c(C#N)c(N)[nH+]c(OCC)c2C#N)cc1OC. The van der Waals surface area contributed by atoms with Crippen LogP contribution in [-0.4, -0.2) is 20.3 Å². The standard InChI is InChI=1S/C18H18N4O3/c1-4-24-14-7-6-11(8-15(14)23-3)16-12(9-19)17(21)22-18(25-5-2)13(16)10-20/h6-8H,4-5H2,1-3H3,(H2,21,22)/p+1. The van der Waals surface area contributed by atoms with Crippen LogP contribution < -0.4 is 24.9 Å². The number of nitriles is 2. The van der Waals surface area contributed by atoms with Gasteiger partial charge in [0, 0.05) is 5.56 Å². The quantitative estimate of drug-likeness (QED) is 0.863. The second kappa shape index (κ2) is 7.89. The molecule has 128 valence electrons. The normalized spacial score (nSPS) is 9.80. The molecule has 0 unspecified atom stereocenters. The van der Waals surface area contributed by atoms with Crippen LogP contribution in [0, 0.1) is 22.7 Å². The minimum atomic E-state index is 0.132. The first-order chi connectivity index (χ1) is 12.1. The van der Waals surface area contributed by atoms with Gasteiger partial charge in [-0.1, -0.05) is 6.07 Å². The Morgan fingerprint density at radius 3 is 2.28 bits per heavy atom. The number of ether oxygens (including phenoxy) is 3. The number of methoxy groups -OCH3 is 1. The van der Waals surface area contributed by atoms with Crippen LogP contribution in [0.25, 0.3) is 11.1 Å². The molecule has 0 saturated carbocycles. The first kappa shape index (κ1) is 17.9. The van der Waals surface area contributed by atoms with E-state index in [0.717, 1.165) is 0 Å². The fourth-order valence-corrected chi connectivity index (χ4v) is 2.48. The van der Waals surface area contributed by atoms with Gasteiger partial charge >= 0.3 is 5.88 Å². The van der Waals surface area contributed by atoms with Crippen molar-refractivity contribution < 1.29 is 19.2 Å². The molecule has 0 radical (unpaired) electrons. The zero-order valence-corrected chi connectivity index (χ0v) is 14.3. The predicted octanol–water partition coefficient (Wildman–Crippen LogP) is 2.30. The summed E-state index contributed by atoms with van der Waals surface area (Å²) < 4.78 is 16.3. The highest BCUT2D eigenvalue weighted by molar-refractivity contribution is 5.81. The largest absolute Gasteiger partial charge is 0.493 e. The summed E-state index contributed by atoms with van der Waals surface area (Å²) in [7, 11) is 1.52. The van der Waals surface area contributed by atoms with Crippen LogP contribution in [0.2, 0.25) is 0 Å². The van der Waals surface area contributed by atoms with Gasteiger partial charge in [-0.2, -0.15) is 10.5 Å². The molecule has 0 atom stereocenters. The Kier molecular flexibility index (Phi) is 5.65. The number of nitrogens with zero attached hydrogens (tertiary/aromatic N) is 2. The zero-order chi connectivity index (χ0) is 18.4. The lowest BCUT2D eigenvalue weighted by atomic mass is 9.96. The number of pyridine rings is 1. The highest BCUT2D eigenvalue weighted by Crippen LogP contribution is 2.37. The van der Waals surface area contributed by atoms with Gasteiger partial charge in [0.05, 0.1) is 20.3 Å². The Hall–Kier alpha value is -3.45. The lowest BCUT2D eigenvalue weighted by molar-refractivity contribution is -0.377. The third-order valence-corrected chi connectivity index (χ3v) is 3.51. The summed E-state index contributed by atoms with van der Waals surface area (Å²) in [5.41, 5.74) is 7.33. The fourth-order valence-electron chi connectivity index (χ4n) is 2.48. The molecule has 25 heavy (non-hydrogen) atoms. The molecule has 2 rings (SSSR count). The number of H-pyrrole nitrogens is 1. The number of hydrogen-bond donors (Lipinski definition) is 1. The van der Waals surface area contributed by atoms with Gasteiger partial charge in [-0.15, -0.1) is 0 Å². The second-order valence-electron chi connectivity index (χ2n) is 4.95. The highest BCUT2D eigenvalue weighted by Gasteiger charge is 2.25. The molecule has 0 saturated heterocycles. The molecule has 0 fully saturated rings. The molecule has 1 aromatic carbocycles. The number of rotatable bonds is 6. The van der Waals surface area contributed by atoms with Crippen molar-refractivity contribution in [3.05, 3.63) is 29.3 Å². The molecule has 7 heteroatoms. The van der Waals surface area contributed by atoms with E-state index in [9.17, 15) is 10.5 Å². The Bertz CT molecular complexity index is 866. The molecular weight excluding hydrogens is 320 g/mol. The molecule has 3 N–H and O–H groups in total. The Balaban J connectivity index is 2.77. The second-order valence-corrected chi connectivity index (χ2v) is 4.95. The lowest BCUT2D eigenvalue weighted by Crippen LogP contribution is -2.19. The number of nitrogen functional groups attached to an aromatic ring is 1. The maximum Gasteiger partial charge on any atom is 0.301 e. The van der Waals surface area contributed by atoms with Crippen LogP contribution in [0.15, 0.2) is 18.2 Å². The van der Waals surface area contributed by atoms with Crippen molar-refractivity contribution in [3.63, 3.8) is 0 Å². The number of nitrogens with one attached hydrogen (secondary N) is 1. The number of aromatic amines is 1. The van der Waals surface area contributed by atoms with Crippen LogP contribution in [0.4, 0.5) is 5.82 Å². The van der Waals surface area contributed by atoms with Crippen molar-refractivity contribution in [1.82, 2.24) is 0 Å². The molecule has 1 aromatic heterocycles. The molecule has 0 aliphatic rings. The minimum Gasteiger partial charge on any atom is -0.493 e. The van der Waals surface area contributed by atoms with Gasteiger partial charge in [0.15, 0.2) is 17.1 Å². The molecule has 2 aromatic rings. The van der Waals surface area contributed by atoms with Crippen molar-refractivity contribution in [2.45, 2.75) is 13.8 Å². The van der Waals surface area contributed by atoms with Gasteiger partial charge in [0.25, 0.3) is 5.82 Å². The fraction of sp³-hybridized carbons (Fsp3) is 0.278. The van der Waals surface area contributed by atoms with Crippen LogP contribution in [0.3, 0.4) is 0 Å². The van der Waals surface area contributed by atoms with E-state index in [1.54, 1.807) is 25.1 Å². The lowest BCUT2D eigenvalue weighted by Gasteiger charge is -2.13. The van der Waals surface area contributed by atoms with E-state index in [2.05, 4.69) is 11.1 Å². The zero-order valence-electron chi connectivity index (χ0n) is 14.3. The number of hydrogen-bond acceptors (Lipinski definition) is 6. The molecule has 7 nitrogen and oxygen atoms in total. The van der Waals surface area contributed by atoms with E-state index in [1.165, 1.54) is 7.11 Å². The molecule has 0 spiro atoms. The van der Waals surface area contributed by atoms with Gasteiger partial charge in [-0.3, -0.25) is 5.73 Å². The Morgan fingerprint density at radius 1 is 1.04 bits per heavy atom. The van der Waals surface area contributed by atoms with Crippen molar-refractivity contribution >= 4 is 5.82 Å². The monoisotopic (exact) mass is 339 g/mol. The van der Waals surface area contributed by atoms with E-state index in [-0.39, 0.29) is 22.8 Å². The summed E-state index contributed by atoms with van der Waals surface area (Å²) in [4.78, 5) is 2.77. The molecule has 1 heterocycles. The summed E-state index contributed by atoms with van der Waals surface area (Å²) in [5.74, 6) is 1.43. The summed E-state index contributed by atoms with van der Waals surface area (Å²) in [6, 6.07) is 9.32. The summed E-state index contributed by atoms with van der Waals surface area (Å²) in [6.07, 6.45) is 0. The van der Waals surface area contributed by atoms with Crippen molar-refractivity contribution in [1.29, 1.82) is 10.5 Å². The van der Waals surface area contributed by atoms with Gasteiger partial charge in [-0.05, 0) is 31.5 Å². The summed E-state index contributed by atoms with van der Waals surface area (Å²) >= 11 is 0. The van der Waals surface area contributed by atoms with E-state index in [0.29, 0.717) is 35.8 Å². The van der Waals surface area contributed by atoms with Crippen molar-refractivity contribution in [2.24, 2.45) is 0 Å². The number of aromatic nitrogens is 1. The average Bonchev–Trinajstić information content (AvgIpc) is 2.62. The van der Waals surface area contributed by atoms with Gasteiger partial charge < -0.3 is 14.2 Å². The molecule has 0 bridgehead atoms. The van der Waals surface area contributed by atoms with E-state index in [1.807, 2.05) is 13.0 Å². The topological polar surface area (TPSA) is 115 Å². The predicted molar refractivity (Wildman–Crippen MR) is 91.2 cm³/mol. The van der Waals surface area contributed by atoms with E-state index < -0.39 is 0 Å². The molecule has 0 aliphatic heterocycles. The number of benzene rings is 1. The van der Waals surface area contributed by atoms with Crippen LogP contribution in [0.5, 0.6) is 17.4 Å². The van der Waals surface area contributed by atoms with Crippen LogP contribution >= 0.6 is 0 Å². The third-order valence-electron chi connectivity index (χ3n) is 3.51. The maximum atomic E-state index is 9.61. The third kappa shape index (κ3) is 3.41. The van der Waals surface area contributed by atoms with E-state index >= 15 is 0 Å². The Morgan fingerprint density at radius 2 is 1.72 bits per heavy atom. The molecule has 0 aliphatic carbocycles. The number of anilines is 1. The van der Waals surface area contributed by atoms with Gasteiger partial charge in [-0.25, -0.2) is 4.98 Å². The smallest absolute Gasteiger partial charge is 0.301 e. The van der Waals surface area contributed by atoms with Crippen LogP contribution in [0.1, 0.15) is 25.0 Å². The van der Waals surface area contributed by atoms with Crippen LogP contribution in [-0.2, 0) is 0 Å². The molecule has 0 amide bonds. The minimum absolute atomic E-state index is 0.132. The summed E-state index contributed by atoms with van der Waals surface area (Å²) in [6.45, 7) is 4.51. The highest BCUT2D eigenvalue weighted by atomic mass is 16.5. The number of nitrogens with two attached hydrogens (primary N) is 1. The van der Waals surface area contributed by atoms with E-state index in [4.69, 9.17) is 19.9 Å².